The number of rotatable bonds is 3. The van der Waals surface area contributed by atoms with E-state index in [4.69, 9.17) is 11.6 Å². The van der Waals surface area contributed by atoms with E-state index in [0.717, 1.165) is 49.4 Å². The minimum atomic E-state index is 0.742. The van der Waals surface area contributed by atoms with E-state index in [2.05, 4.69) is 24.8 Å². The van der Waals surface area contributed by atoms with Crippen molar-refractivity contribution in [3.05, 3.63) is 47.5 Å². The van der Waals surface area contributed by atoms with Crippen LogP contribution in [0, 0.1) is 0 Å². The molecule has 0 saturated carbocycles. The van der Waals surface area contributed by atoms with Gasteiger partial charge in [0.25, 0.3) is 0 Å². The van der Waals surface area contributed by atoms with E-state index in [9.17, 15) is 0 Å². The molecule has 20 heavy (non-hydrogen) atoms. The van der Waals surface area contributed by atoms with Crippen LogP contribution < -0.4 is 4.90 Å². The molecule has 0 aliphatic carbocycles. The zero-order valence-corrected chi connectivity index (χ0v) is 11.9. The highest BCUT2D eigenvalue weighted by atomic mass is 35.5. The van der Waals surface area contributed by atoms with Gasteiger partial charge in [0.05, 0.1) is 5.69 Å². The molecule has 3 rings (SSSR count). The van der Waals surface area contributed by atoms with Gasteiger partial charge in [-0.2, -0.15) is 0 Å². The van der Waals surface area contributed by atoms with Gasteiger partial charge in [-0.3, -0.25) is 9.88 Å². The Hall–Kier alpha value is -1.72. The molecule has 2 aromatic rings. The van der Waals surface area contributed by atoms with Gasteiger partial charge in [-0.1, -0.05) is 11.6 Å². The molecular weight excluding hydrogens is 274 g/mol. The second kappa shape index (κ2) is 6.15. The molecule has 0 unspecified atom stereocenters. The summed E-state index contributed by atoms with van der Waals surface area (Å²) in [6.07, 6.45) is 5.32. The highest BCUT2D eigenvalue weighted by molar-refractivity contribution is 6.30. The largest absolute Gasteiger partial charge is 0.338 e. The molecule has 5 nitrogen and oxygen atoms in total. The van der Waals surface area contributed by atoms with Gasteiger partial charge in [0, 0.05) is 56.3 Å². The van der Waals surface area contributed by atoms with Crippen LogP contribution in [0.5, 0.6) is 0 Å². The molecule has 0 amide bonds. The summed E-state index contributed by atoms with van der Waals surface area (Å²) in [5.74, 6) is 0.813. The minimum Gasteiger partial charge on any atom is -0.338 e. The van der Waals surface area contributed by atoms with Crippen LogP contribution in [0.4, 0.5) is 5.95 Å². The molecule has 6 heteroatoms. The summed E-state index contributed by atoms with van der Waals surface area (Å²) in [5.41, 5.74) is 1.02. The lowest BCUT2D eigenvalue weighted by molar-refractivity contribution is 0.246. The number of pyridine rings is 1. The number of anilines is 1. The maximum Gasteiger partial charge on any atom is 0.225 e. The molecule has 2 aromatic heterocycles. The summed E-state index contributed by atoms with van der Waals surface area (Å²) in [6.45, 7) is 4.66. The second-order valence-corrected chi connectivity index (χ2v) is 5.21. The number of hydrogen-bond donors (Lipinski definition) is 0. The number of nitrogens with zero attached hydrogens (tertiary/aromatic N) is 5. The fourth-order valence-electron chi connectivity index (χ4n) is 2.32. The van der Waals surface area contributed by atoms with Gasteiger partial charge in [-0.05, 0) is 18.2 Å². The molecule has 0 atom stereocenters. The summed E-state index contributed by atoms with van der Waals surface area (Å²) in [4.78, 5) is 17.5. The lowest BCUT2D eigenvalue weighted by atomic mass is 10.3. The van der Waals surface area contributed by atoms with Crippen molar-refractivity contribution in [2.45, 2.75) is 6.54 Å². The molecule has 0 N–H and O–H groups in total. The predicted molar refractivity (Wildman–Crippen MR) is 78.8 cm³/mol. The van der Waals surface area contributed by atoms with Crippen molar-refractivity contribution in [3.63, 3.8) is 0 Å². The first-order valence-corrected chi connectivity index (χ1v) is 7.04. The predicted octanol–water partition coefficient (Wildman–Crippen LogP) is 1.85. The lowest BCUT2D eigenvalue weighted by Crippen LogP contribution is -2.46. The average molecular weight is 290 g/mol. The third-order valence-electron chi connectivity index (χ3n) is 3.37. The van der Waals surface area contributed by atoms with Crippen LogP contribution in [-0.2, 0) is 6.54 Å². The normalized spacial score (nSPS) is 16.4. The zero-order valence-electron chi connectivity index (χ0n) is 11.1. The summed E-state index contributed by atoms with van der Waals surface area (Å²) in [7, 11) is 0. The number of halogens is 1. The molecule has 1 aliphatic rings. The van der Waals surface area contributed by atoms with Gasteiger partial charge in [-0.25, -0.2) is 9.97 Å². The molecule has 3 heterocycles. The van der Waals surface area contributed by atoms with Gasteiger partial charge in [0.1, 0.15) is 0 Å². The van der Waals surface area contributed by atoms with Crippen molar-refractivity contribution in [3.8, 4) is 0 Å². The Balaban J connectivity index is 1.56. The standard InChI is InChI=1S/C14H16ClN5/c15-12-2-5-16-13(10-12)11-19-6-8-20(9-7-19)14-17-3-1-4-18-14/h1-5,10H,6-9,11H2. The van der Waals surface area contributed by atoms with Crippen LogP contribution in [-0.4, -0.2) is 46.0 Å². The van der Waals surface area contributed by atoms with Crippen LogP contribution in [0.2, 0.25) is 5.02 Å². The molecule has 0 spiro atoms. The molecular formula is C14H16ClN5. The average Bonchev–Trinajstić information content (AvgIpc) is 2.49. The van der Waals surface area contributed by atoms with Crippen molar-refractivity contribution in [2.24, 2.45) is 0 Å². The summed E-state index contributed by atoms with van der Waals surface area (Å²) >= 11 is 5.98. The third kappa shape index (κ3) is 3.23. The summed E-state index contributed by atoms with van der Waals surface area (Å²) in [5, 5.41) is 0.742. The van der Waals surface area contributed by atoms with E-state index >= 15 is 0 Å². The van der Waals surface area contributed by atoms with E-state index < -0.39 is 0 Å². The van der Waals surface area contributed by atoms with Crippen molar-refractivity contribution in [1.29, 1.82) is 0 Å². The first kappa shape index (κ1) is 13.3. The topological polar surface area (TPSA) is 45.2 Å². The lowest BCUT2D eigenvalue weighted by Gasteiger charge is -2.34. The van der Waals surface area contributed by atoms with Gasteiger partial charge in [0.15, 0.2) is 0 Å². The van der Waals surface area contributed by atoms with Gasteiger partial charge >= 0.3 is 0 Å². The summed E-state index contributed by atoms with van der Waals surface area (Å²) in [6, 6.07) is 5.56. The monoisotopic (exact) mass is 289 g/mol. The fraction of sp³-hybridized carbons (Fsp3) is 0.357. The van der Waals surface area contributed by atoms with Crippen LogP contribution in [0.25, 0.3) is 0 Å². The van der Waals surface area contributed by atoms with E-state index in [1.807, 2.05) is 12.1 Å². The van der Waals surface area contributed by atoms with E-state index in [-0.39, 0.29) is 0 Å². The van der Waals surface area contributed by atoms with Crippen molar-refractivity contribution < 1.29 is 0 Å². The Morgan fingerprint density at radius 2 is 1.75 bits per heavy atom. The highest BCUT2D eigenvalue weighted by Gasteiger charge is 2.18. The smallest absolute Gasteiger partial charge is 0.225 e. The van der Waals surface area contributed by atoms with Crippen LogP contribution >= 0.6 is 11.6 Å². The maximum atomic E-state index is 5.98. The number of hydrogen-bond acceptors (Lipinski definition) is 5. The van der Waals surface area contributed by atoms with Crippen molar-refractivity contribution >= 4 is 17.5 Å². The Kier molecular flexibility index (Phi) is 4.08. The second-order valence-electron chi connectivity index (χ2n) is 4.78. The Labute approximate surface area is 123 Å². The van der Waals surface area contributed by atoms with E-state index in [1.54, 1.807) is 24.7 Å². The van der Waals surface area contributed by atoms with E-state index in [0.29, 0.717) is 0 Å². The molecule has 104 valence electrons. The van der Waals surface area contributed by atoms with Crippen LogP contribution in [0.1, 0.15) is 5.69 Å². The zero-order chi connectivity index (χ0) is 13.8. The maximum absolute atomic E-state index is 5.98. The third-order valence-corrected chi connectivity index (χ3v) is 3.61. The molecule has 0 aromatic carbocycles. The minimum absolute atomic E-state index is 0.742. The number of piperazine rings is 1. The van der Waals surface area contributed by atoms with E-state index in [1.165, 1.54) is 0 Å². The van der Waals surface area contributed by atoms with Gasteiger partial charge < -0.3 is 4.90 Å². The van der Waals surface area contributed by atoms with Crippen LogP contribution in [0.15, 0.2) is 36.8 Å². The Bertz CT molecular complexity index is 555. The Morgan fingerprint density at radius 1 is 1.00 bits per heavy atom. The highest BCUT2D eigenvalue weighted by Crippen LogP contribution is 2.13. The summed E-state index contributed by atoms with van der Waals surface area (Å²) < 4.78 is 0. The fourth-order valence-corrected chi connectivity index (χ4v) is 2.51. The SMILES string of the molecule is Clc1ccnc(CN2CCN(c3ncccn3)CC2)c1. The Morgan fingerprint density at radius 3 is 2.45 bits per heavy atom. The van der Waals surface area contributed by atoms with Crippen LogP contribution in [0.3, 0.4) is 0 Å². The molecule has 0 bridgehead atoms. The molecule has 0 radical (unpaired) electrons. The first-order valence-electron chi connectivity index (χ1n) is 6.66. The van der Waals surface area contributed by atoms with Crippen molar-refractivity contribution in [1.82, 2.24) is 19.9 Å². The van der Waals surface area contributed by atoms with Gasteiger partial charge in [0.2, 0.25) is 5.95 Å². The molecule has 1 fully saturated rings. The molecule has 1 saturated heterocycles. The molecule has 1 aliphatic heterocycles. The van der Waals surface area contributed by atoms with Gasteiger partial charge in [-0.15, -0.1) is 0 Å². The number of aromatic nitrogens is 3. The van der Waals surface area contributed by atoms with Crippen molar-refractivity contribution in [2.75, 3.05) is 31.1 Å². The first-order chi connectivity index (χ1) is 9.81. The quantitative estimate of drug-likeness (QED) is 0.863.